The van der Waals surface area contributed by atoms with Crippen molar-refractivity contribution in [2.24, 2.45) is 5.92 Å². The summed E-state index contributed by atoms with van der Waals surface area (Å²) in [6.07, 6.45) is 10.7. The number of hydrogen-bond donors (Lipinski definition) is 0. The van der Waals surface area contributed by atoms with Crippen molar-refractivity contribution in [2.75, 3.05) is 19.8 Å². The van der Waals surface area contributed by atoms with Crippen LogP contribution < -0.4 is 0 Å². The maximum atomic E-state index is 6.27. The number of ether oxygens (including phenoxy) is 3. The number of rotatable bonds is 9. The number of epoxide rings is 1. The normalized spacial score (nSPS) is 26.7. The van der Waals surface area contributed by atoms with Crippen LogP contribution in [0.25, 0.3) is 0 Å². The van der Waals surface area contributed by atoms with Gasteiger partial charge in [-0.3, -0.25) is 0 Å². The van der Waals surface area contributed by atoms with Gasteiger partial charge in [0.05, 0.1) is 31.7 Å². The largest absolute Gasteiger partial charge is 0.502 e. The van der Waals surface area contributed by atoms with E-state index in [1.807, 2.05) is 0 Å². The summed E-state index contributed by atoms with van der Waals surface area (Å²) in [5, 5.41) is 0. The molecule has 0 aromatic carbocycles. The minimum Gasteiger partial charge on any atom is -0.502 e. The topological polar surface area (TPSA) is 31.0 Å². The van der Waals surface area contributed by atoms with E-state index in [9.17, 15) is 0 Å². The minimum atomic E-state index is -0.00308. The SMILES string of the molecule is C=COCCCC(C)(OCC1CO1)C1CCCCC1. The third-order valence-corrected chi connectivity index (χ3v) is 4.52. The summed E-state index contributed by atoms with van der Waals surface area (Å²) in [4.78, 5) is 0. The van der Waals surface area contributed by atoms with Crippen molar-refractivity contribution in [1.82, 2.24) is 0 Å². The summed E-state index contributed by atoms with van der Waals surface area (Å²) in [7, 11) is 0. The van der Waals surface area contributed by atoms with Crippen LogP contribution in [-0.2, 0) is 14.2 Å². The lowest BCUT2D eigenvalue weighted by Gasteiger charge is -2.40. The van der Waals surface area contributed by atoms with Crippen LogP contribution in [-0.4, -0.2) is 31.5 Å². The van der Waals surface area contributed by atoms with Crippen molar-refractivity contribution < 1.29 is 14.2 Å². The monoisotopic (exact) mass is 268 g/mol. The average Bonchev–Trinajstić information content (AvgIpc) is 3.27. The van der Waals surface area contributed by atoms with Crippen LogP contribution in [0.2, 0.25) is 0 Å². The Morgan fingerprint density at radius 2 is 2.05 bits per heavy atom. The van der Waals surface area contributed by atoms with E-state index in [0.29, 0.717) is 12.0 Å². The lowest BCUT2D eigenvalue weighted by molar-refractivity contribution is -0.0955. The summed E-state index contributed by atoms with van der Waals surface area (Å²) in [6.45, 7) is 8.25. The first-order valence-electron chi connectivity index (χ1n) is 7.73. The molecule has 2 rings (SSSR count). The van der Waals surface area contributed by atoms with Gasteiger partial charge in [0.15, 0.2) is 0 Å². The molecule has 0 aromatic rings. The molecule has 2 aliphatic rings. The second-order valence-corrected chi connectivity index (χ2v) is 6.05. The van der Waals surface area contributed by atoms with Crippen molar-refractivity contribution in [3.05, 3.63) is 12.8 Å². The Morgan fingerprint density at radius 1 is 1.32 bits per heavy atom. The van der Waals surface area contributed by atoms with Gasteiger partial charge >= 0.3 is 0 Å². The molecule has 1 saturated carbocycles. The fourth-order valence-electron chi connectivity index (χ4n) is 3.14. The molecule has 0 amide bonds. The zero-order valence-electron chi connectivity index (χ0n) is 12.2. The van der Waals surface area contributed by atoms with Crippen molar-refractivity contribution >= 4 is 0 Å². The fourth-order valence-corrected chi connectivity index (χ4v) is 3.14. The molecule has 1 aliphatic heterocycles. The van der Waals surface area contributed by atoms with Gasteiger partial charge in [-0.05, 0) is 38.5 Å². The van der Waals surface area contributed by atoms with Gasteiger partial charge in [-0.25, -0.2) is 0 Å². The first-order chi connectivity index (χ1) is 9.24. The Labute approximate surface area is 117 Å². The quantitative estimate of drug-likeness (QED) is 0.363. The smallest absolute Gasteiger partial charge is 0.104 e. The molecule has 3 heteroatoms. The summed E-state index contributed by atoms with van der Waals surface area (Å²) >= 11 is 0. The highest BCUT2D eigenvalue weighted by Crippen LogP contribution is 2.38. The molecule has 0 radical (unpaired) electrons. The molecule has 1 heterocycles. The zero-order chi connectivity index (χ0) is 13.6. The molecular weight excluding hydrogens is 240 g/mol. The van der Waals surface area contributed by atoms with Crippen molar-refractivity contribution in [3.8, 4) is 0 Å². The Hall–Kier alpha value is -0.540. The second kappa shape index (κ2) is 7.30. The Morgan fingerprint density at radius 3 is 2.68 bits per heavy atom. The van der Waals surface area contributed by atoms with Crippen LogP contribution >= 0.6 is 0 Å². The summed E-state index contributed by atoms with van der Waals surface area (Å²) in [6, 6.07) is 0. The van der Waals surface area contributed by atoms with Crippen LogP contribution in [0.1, 0.15) is 51.9 Å². The standard InChI is InChI=1S/C16H28O3/c1-3-17-11-7-10-16(2,19-13-15-12-18-15)14-8-5-4-6-9-14/h3,14-15H,1,4-13H2,2H3. The highest BCUT2D eigenvalue weighted by molar-refractivity contribution is 4.87. The van der Waals surface area contributed by atoms with E-state index < -0.39 is 0 Å². The third kappa shape index (κ3) is 4.81. The molecule has 110 valence electrons. The highest BCUT2D eigenvalue weighted by Gasteiger charge is 2.37. The molecular formula is C16H28O3. The molecule has 1 aliphatic carbocycles. The second-order valence-electron chi connectivity index (χ2n) is 6.05. The first-order valence-corrected chi connectivity index (χ1v) is 7.73. The van der Waals surface area contributed by atoms with Crippen molar-refractivity contribution in [3.63, 3.8) is 0 Å². The van der Waals surface area contributed by atoms with Gasteiger partial charge in [0, 0.05) is 0 Å². The maximum absolute atomic E-state index is 6.27. The van der Waals surface area contributed by atoms with Gasteiger partial charge < -0.3 is 14.2 Å². The Bertz CT molecular complexity index is 269. The van der Waals surface area contributed by atoms with E-state index in [-0.39, 0.29) is 5.60 Å². The molecule has 2 fully saturated rings. The summed E-state index contributed by atoms with van der Waals surface area (Å²) in [5.41, 5.74) is -0.00308. The molecule has 1 saturated heterocycles. The van der Waals surface area contributed by atoms with Gasteiger partial charge in [0.25, 0.3) is 0 Å². The lowest BCUT2D eigenvalue weighted by Crippen LogP contribution is -2.40. The van der Waals surface area contributed by atoms with Gasteiger partial charge in [-0.1, -0.05) is 25.8 Å². The van der Waals surface area contributed by atoms with Crippen LogP contribution in [0.15, 0.2) is 12.8 Å². The van der Waals surface area contributed by atoms with E-state index in [4.69, 9.17) is 14.2 Å². The average molecular weight is 268 g/mol. The van der Waals surface area contributed by atoms with Gasteiger partial charge in [0.1, 0.15) is 6.10 Å². The molecule has 3 nitrogen and oxygen atoms in total. The lowest BCUT2D eigenvalue weighted by atomic mass is 9.75. The molecule has 2 atom stereocenters. The van der Waals surface area contributed by atoms with Crippen LogP contribution in [0.5, 0.6) is 0 Å². The number of hydrogen-bond acceptors (Lipinski definition) is 3. The van der Waals surface area contributed by atoms with Gasteiger partial charge in [-0.2, -0.15) is 0 Å². The predicted molar refractivity (Wildman–Crippen MR) is 76.1 cm³/mol. The van der Waals surface area contributed by atoms with Crippen LogP contribution in [0.4, 0.5) is 0 Å². The Balaban J connectivity index is 1.83. The van der Waals surface area contributed by atoms with E-state index in [0.717, 1.165) is 32.7 Å². The molecule has 0 spiro atoms. The van der Waals surface area contributed by atoms with E-state index in [1.165, 1.54) is 38.4 Å². The molecule has 0 N–H and O–H groups in total. The maximum Gasteiger partial charge on any atom is 0.104 e. The van der Waals surface area contributed by atoms with Crippen molar-refractivity contribution in [2.45, 2.75) is 63.6 Å². The fraction of sp³-hybridized carbons (Fsp3) is 0.875. The molecule has 19 heavy (non-hydrogen) atoms. The predicted octanol–water partition coefficient (Wildman–Crippen LogP) is 3.68. The van der Waals surface area contributed by atoms with E-state index >= 15 is 0 Å². The summed E-state index contributed by atoms with van der Waals surface area (Å²) in [5.74, 6) is 0.698. The van der Waals surface area contributed by atoms with E-state index in [1.54, 1.807) is 0 Å². The molecule has 0 aromatic heterocycles. The van der Waals surface area contributed by atoms with Gasteiger partial charge in [-0.15, -0.1) is 0 Å². The highest BCUT2D eigenvalue weighted by atomic mass is 16.6. The molecule has 0 bridgehead atoms. The Kier molecular flexibility index (Phi) is 5.71. The van der Waals surface area contributed by atoms with Crippen LogP contribution in [0.3, 0.4) is 0 Å². The van der Waals surface area contributed by atoms with Crippen LogP contribution in [0, 0.1) is 5.92 Å². The minimum absolute atomic E-state index is 0.00308. The first kappa shape index (κ1) is 14.9. The van der Waals surface area contributed by atoms with Crippen molar-refractivity contribution in [1.29, 1.82) is 0 Å². The summed E-state index contributed by atoms with van der Waals surface area (Å²) < 4.78 is 16.8. The third-order valence-electron chi connectivity index (χ3n) is 4.52. The zero-order valence-corrected chi connectivity index (χ0v) is 12.2. The molecule has 2 unspecified atom stereocenters. The van der Waals surface area contributed by atoms with Gasteiger partial charge in [0.2, 0.25) is 0 Å². The van der Waals surface area contributed by atoms with E-state index in [2.05, 4.69) is 13.5 Å².